The van der Waals surface area contributed by atoms with Crippen molar-refractivity contribution >= 4 is 27.2 Å². The predicted octanol–water partition coefficient (Wildman–Crippen LogP) is 0.190. The van der Waals surface area contributed by atoms with Crippen LogP contribution >= 0.6 is 12.2 Å². The van der Waals surface area contributed by atoms with Gasteiger partial charge >= 0.3 is 0 Å². The molecule has 82 valence electrons. The molecule has 4 nitrogen and oxygen atoms in total. The Bertz CT molecular complexity index is 326. The lowest BCUT2D eigenvalue weighted by atomic mass is 10.1. The molecule has 0 aliphatic carbocycles. The first-order valence-corrected chi connectivity index (χ1v) is 6.62. The van der Waals surface area contributed by atoms with Gasteiger partial charge in [-0.1, -0.05) is 26.1 Å². The Balaban J connectivity index is 2.66. The van der Waals surface area contributed by atoms with Gasteiger partial charge in [0.25, 0.3) is 0 Å². The van der Waals surface area contributed by atoms with Crippen molar-refractivity contribution in [3.8, 4) is 0 Å². The van der Waals surface area contributed by atoms with E-state index in [0.717, 1.165) is 0 Å². The predicted molar refractivity (Wildman–Crippen MR) is 60.5 cm³/mol. The van der Waals surface area contributed by atoms with E-state index in [9.17, 15) is 8.42 Å². The van der Waals surface area contributed by atoms with Crippen molar-refractivity contribution in [2.45, 2.75) is 13.8 Å². The molecule has 2 N–H and O–H groups in total. The third-order valence-electron chi connectivity index (χ3n) is 2.37. The molecule has 0 aromatic heterocycles. The summed E-state index contributed by atoms with van der Waals surface area (Å²) in [5.74, 6) is 0.403. The van der Waals surface area contributed by atoms with Crippen molar-refractivity contribution in [1.82, 2.24) is 4.31 Å². The van der Waals surface area contributed by atoms with Crippen LogP contribution in [0.15, 0.2) is 0 Å². The van der Waals surface area contributed by atoms with Crippen LogP contribution in [-0.4, -0.2) is 36.6 Å². The smallest absolute Gasteiger partial charge is 0.214 e. The summed E-state index contributed by atoms with van der Waals surface area (Å²) in [7, 11) is -3.05. The maximum absolute atomic E-state index is 11.6. The van der Waals surface area contributed by atoms with E-state index in [1.165, 1.54) is 4.31 Å². The molecule has 1 aliphatic rings. The first kappa shape index (κ1) is 11.9. The Labute approximate surface area is 90.5 Å². The van der Waals surface area contributed by atoms with Gasteiger partial charge in [-0.2, -0.15) is 0 Å². The molecule has 1 aliphatic heterocycles. The fourth-order valence-electron chi connectivity index (χ4n) is 1.56. The third kappa shape index (κ3) is 2.65. The van der Waals surface area contributed by atoms with Crippen LogP contribution in [0.4, 0.5) is 0 Å². The van der Waals surface area contributed by atoms with E-state index in [0.29, 0.717) is 18.1 Å². The Morgan fingerprint density at radius 1 is 1.71 bits per heavy atom. The van der Waals surface area contributed by atoms with Crippen molar-refractivity contribution in [3.63, 3.8) is 0 Å². The average molecular weight is 236 g/mol. The van der Waals surface area contributed by atoms with Crippen LogP contribution in [-0.2, 0) is 10.0 Å². The summed E-state index contributed by atoms with van der Waals surface area (Å²) in [4.78, 5) is 0.375. The van der Waals surface area contributed by atoms with Crippen molar-refractivity contribution in [1.29, 1.82) is 0 Å². The summed E-state index contributed by atoms with van der Waals surface area (Å²) >= 11 is 4.81. The van der Waals surface area contributed by atoms with Crippen LogP contribution in [0.2, 0.25) is 0 Å². The monoisotopic (exact) mass is 236 g/mol. The first-order chi connectivity index (χ1) is 6.33. The molecule has 0 bridgehead atoms. The Morgan fingerprint density at radius 3 is 2.64 bits per heavy atom. The summed E-state index contributed by atoms with van der Waals surface area (Å²) in [5, 5.41) is 0. The van der Waals surface area contributed by atoms with E-state index in [4.69, 9.17) is 18.0 Å². The van der Waals surface area contributed by atoms with Crippen molar-refractivity contribution in [2.24, 2.45) is 17.6 Å². The molecule has 0 radical (unpaired) electrons. The van der Waals surface area contributed by atoms with Gasteiger partial charge in [0.05, 0.1) is 10.7 Å². The summed E-state index contributed by atoms with van der Waals surface area (Å²) in [6.07, 6.45) is 0. The van der Waals surface area contributed by atoms with Gasteiger partial charge in [0, 0.05) is 19.0 Å². The second-order valence-corrected chi connectivity index (χ2v) is 6.49. The van der Waals surface area contributed by atoms with Gasteiger partial charge in [0.15, 0.2) is 0 Å². The van der Waals surface area contributed by atoms with E-state index in [1.54, 1.807) is 0 Å². The maximum Gasteiger partial charge on any atom is 0.214 e. The van der Waals surface area contributed by atoms with Gasteiger partial charge in [-0.3, -0.25) is 0 Å². The summed E-state index contributed by atoms with van der Waals surface area (Å²) in [6.45, 7) is 4.79. The standard InChI is InChI=1S/C8H16N2O2S2/c1-6-3-10(14(11,12)5-6)4-7(2)8(9)13/h6-7H,3-5H2,1-2H3,(H2,9,13). The molecule has 0 aromatic rings. The number of nitrogens with two attached hydrogens (primary N) is 1. The molecule has 0 amide bonds. The highest BCUT2D eigenvalue weighted by molar-refractivity contribution is 7.89. The minimum absolute atomic E-state index is 0.0509. The summed E-state index contributed by atoms with van der Waals surface area (Å²) in [5.41, 5.74) is 5.45. The Kier molecular flexibility index (Phi) is 3.49. The molecule has 0 saturated carbocycles. The van der Waals surface area contributed by atoms with Crippen molar-refractivity contribution in [2.75, 3.05) is 18.8 Å². The molecule has 6 heteroatoms. The lowest BCUT2D eigenvalue weighted by Crippen LogP contribution is -2.35. The molecule has 1 heterocycles. The van der Waals surface area contributed by atoms with Crippen LogP contribution in [0.1, 0.15) is 13.8 Å². The van der Waals surface area contributed by atoms with E-state index < -0.39 is 10.0 Å². The van der Waals surface area contributed by atoms with Crippen LogP contribution in [0.5, 0.6) is 0 Å². The van der Waals surface area contributed by atoms with Gasteiger partial charge < -0.3 is 5.73 Å². The van der Waals surface area contributed by atoms with E-state index in [-0.39, 0.29) is 17.6 Å². The average Bonchev–Trinajstić information content (AvgIpc) is 2.24. The van der Waals surface area contributed by atoms with Crippen LogP contribution in [0, 0.1) is 11.8 Å². The van der Waals surface area contributed by atoms with Crippen LogP contribution < -0.4 is 5.73 Å². The number of thiocarbonyl (C=S) groups is 1. The lowest BCUT2D eigenvalue weighted by Gasteiger charge is -2.18. The van der Waals surface area contributed by atoms with Crippen molar-refractivity contribution < 1.29 is 8.42 Å². The number of hydrogen-bond acceptors (Lipinski definition) is 3. The van der Waals surface area contributed by atoms with Gasteiger partial charge in [-0.05, 0) is 5.92 Å². The largest absolute Gasteiger partial charge is 0.393 e. The number of nitrogens with zero attached hydrogens (tertiary/aromatic N) is 1. The molecule has 2 atom stereocenters. The highest BCUT2D eigenvalue weighted by Gasteiger charge is 2.34. The molecule has 1 fully saturated rings. The second-order valence-electron chi connectivity index (χ2n) is 4.00. The Hall–Kier alpha value is -0.200. The maximum atomic E-state index is 11.6. The van der Waals surface area contributed by atoms with Gasteiger partial charge in [-0.15, -0.1) is 0 Å². The molecular weight excluding hydrogens is 220 g/mol. The minimum atomic E-state index is -3.05. The normalized spacial score (nSPS) is 28.9. The van der Waals surface area contributed by atoms with E-state index in [1.807, 2.05) is 13.8 Å². The molecule has 14 heavy (non-hydrogen) atoms. The zero-order valence-electron chi connectivity index (χ0n) is 8.43. The fraction of sp³-hybridized carbons (Fsp3) is 0.875. The van der Waals surface area contributed by atoms with E-state index in [2.05, 4.69) is 0 Å². The highest BCUT2D eigenvalue weighted by atomic mass is 32.2. The number of hydrogen-bond donors (Lipinski definition) is 1. The zero-order chi connectivity index (χ0) is 10.9. The van der Waals surface area contributed by atoms with Crippen LogP contribution in [0.25, 0.3) is 0 Å². The topological polar surface area (TPSA) is 63.4 Å². The van der Waals surface area contributed by atoms with Crippen molar-refractivity contribution in [3.05, 3.63) is 0 Å². The van der Waals surface area contributed by atoms with E-state index >= 15 is 0 Å². The SMILES string of the molecule is CC1CN(CC(C)C(N)=S)S(=O)(=O)C1. The molecule has 0 spiro atoms. The third-order valence-corrected chi connectivity index (χ3v) is 4.84. The first-order valence-electron chi connectivity index (χ1n) is 4.60. The molecule has 2 unspecified atom stereocenters. The zero-order valence-corrected chi connectivity index (χ0v) is 10.1. The highest BCUT2D eigenvalue weighted by Crippen LogP contribution is 2.20. The van der Waals surface area contributed by atoms with Gasteiger partial charge in [0.1, 0.15) is 0 Å². The molecule has 1 saturated heterocycles. The fourth-order valence-corrected chi connectivity index (χ4v) is 3.60. The van der Waals surface area contributed by atoms with Gasteiger partial charge in [-0.25, -0.2) is 12.7 Å². The summed E-state index contributed by atoms with van der Waals surface area (Å²) in [6, 6.07) is 0. The van der Waals surface area contributed by atoms with Crippen LogP contribution in [0.3, 0.4) is 0 Å². The number of rotatable bonds is 3. The molecular formula is C8H16N2O2S2. The quantitative estimate of drug-likeness (QED) is 0.711. The summed E-state index contributed by atoms with van der Waals surface area (Å²) < 4.78 is 24.6. The molecule has 1 rings (SSSR count). The van der Waals surface area contributed by atoms with Gasteiger partial charge in [0.2, 0.25) is 10.0 Å². The minimum Gasteiger partial charge on any atom is -0.393 e. The number of sulfonamides is 1. The lowest BCUT2D eigenvalue weighted by molar-refractivity contribution is 0.392. The molecule has 0 aromatic carbocycles. The Morgan fingerprint density at radius 2 is 2.29 bits per heavy atom. The second kappa shape index (κ2) is 4.12.